The van der Waals surface area contributed by atoms with Crippen LogP contribution in [0.4, 0.5) is 4.79 Å². The van der Waals surface area contributed by atoms with Gasteiger partial charge in [0.15, 0.2) is 0 Å². The first-order chi connectivity index (χ1) is 18.8. The Labute approximate surface area is 233 Å². The molecule has 38 heavy (non-hydrogen) atoms. The molecule has 1 atom stereocenters. The molecule has 1 rings (SSSR count). The summed E-state index contributed by atoms with van der Waals surface area (Å²) in [5, 5.41) is 11.8. The van der Waals surface area contributed by atoms with Crippen LogP contribution in [-0.4, -0.2) is 43.5 Å². The summed E-state index contributed by atoms with van der Waals surface area (Å²) in [5.74, 6) is 0. The molecule has 0 spiro atoms. The summed E-state index contributed by atoms with van der Waals surface area (Å²) in [5.41, 5.74) is 14.9. The lowest BCUT2D eigenvalue weighted by Gasteiger charge is -2.17. The van der Waals surface area contributed by atoms with Gasteiger partial charge in [-0.3, -0.25) is 0 Å². The minimum absolute atomic E-state index is 0.0914. The van der Waals surface area contributed by atoms with Crippen LogP contribution in [0.25, 0.3) is 0 Å². The Balaban J connectivity index is 2.33. The van der Waals surface area contributed by atoms with E-state index in [2.05, 4.69) is 38.8 Å². The van der Waals surface area contributed by atoms with Crippen molar-refractivity contribution in [3.63, 3.8) is 0 Å². The summed E-state index contributed by atoms with van der Waals surface area (Å²) in [6.45, 7) is 2.50. The van der Waals surface area contributed by atoms with Gasteiger partial charge in [0.1, 0.15) is 6.10 Å². The number of alkyl carbamates (subject to hydrolysis) is 1. The van der Waals surface area contributed by atoms with Crippen LogP contribution in [0.1, 0.15) is 135 Å². The quantitative estimate of drug-likeness (QED) is 0.161. The van der Waals surface area contributed by atoms with Crippen LogP contribution in [0, 0.1) is 0 Å². The van der Waals surface area contributed by atoms with E-state index in [0.717, 1.165) is 57.9 Å². The van der Waals surface area contributed by atoms with E-state index in [1.165, 1.54) is 83.5 Å². The van der Waals surface area contributed by atoms with E-state index in [4.69, 9.17) is 9.84 Å². The minimum Gasteiger partial charge on any atom is -0.446 e. The molecule has 0 aromatic rings. The third-order valence-corrected chi connectivity index (χ3v) is 7.04. The number of hydrogen-bond acceptors (Lipinski definition) is 8. The zero-order chi connectivity index (χ0) is 27.2. The maximum atomic E-state index is 12.3. The van der Waals surface area contributed by atoms with Crippen LogP contribution in [-0.2, 0) is 4.74 Å². The molecule has 7 N–H and O–H groups in total. The highest BCUT2D eigenvalue weighted by Gasteiger charge is 2.12. The van der Waals surface area contributed by atoms with E-state index in [1.54, 1.807) is 0 Å². The Morgan fingerprint density at radius 1 is 0.711 bits per heavy atom. The van der Waals surface area contributed by atoms with Gasteiger partial charge >= 0.3 is 6.09 Å². The second-order valence-corrected chi connectivity index (χ2v) is 10.6. The smallest absolute Gasteiger partial charge is 0.407 e. The first kappa shape index (κ1) is 34.8. The van der Waals surface area contributed by atoms with Crippen LogP contribution in [0.15, 0.2) is 12.2 Å². The lowest BCUT2D eigenvalue weighted by Crippen LogP contribution is -2.55. The molecule has 1 heterocycles. The van der Waals surface area contributed by atoms with Gasteiger partial charge in [0, 0.05) is 32.7 Å². The molecule has 0 aromatic heterocycles. The molecule has 224 valence electrons. The van der Waals surface area contributed by atoms with Crippen molar-refractivity contribution in [1.82, 2.24) is 32.8 Å². The van der Waals surface area contributed by atoms with Crippen LogP contribution in [0.2, 0.25) is 0 Å². The molecule has 0 radical (unpaired) electrons. The number of amides is 1. The molecule has 9 heteroatoms. The Kier molecular flexibility index (Phi) is 26.3. The highest BCUT2D eigenvalue weighted by atomic mass is 16.6. The average molecular weight is 541 g/mol. The van der Waals surface area contributed by atoms with Gasteiger partial charge in [-0.1, -0.05) is 108 Å². The molecule has 0 saturated carbocycles. The normalized spacial score (nSPS) is 22.3. The topological polar surface area (TPSA) is 119 Å². The van der Waals surface area contributed by atoms with Gasteiger partial charge in [0.2, 0.25) is 0 Å². The van der Waals surface area contributed by atoms with Crippen LogP contribution < -0.4 is 32.8 Å². The van der Waals surface area contributed by atoms with Crippen molar-refractivity contribution in [3.05, 3.63) is 12.2 Å². The standard InChI is InChI=1S/C29H60N6O3/c36-27-21-15-11-13-18-24-30-29(37)38-28-22-16-12-9-7-5-3-1-2-4-6-8-10-14-19-25-31-33-35-34-32-26-20-17-23-28/h17,20,28,31-36H,1-16,18-19,21-27H2,(H,30,37)/b20-17-. The first-order valence-electron chi connectivity index (χ1n) is 15.7. The second-order valence-electron chi connectivity index (χ2n) is 10.6. The molecule has 9 nitrogen and oxygen atoms in total. The Hall–Kier alpha value is -1.23. The van der Waals surface area contributed by atoms with E-state index in [9.17, 15) is 4.79 Å². The van der Waals surface area contributed by atoms with E-state index < -0.39 is 0 Å². The number of unbranched alkanes of at least 4 members (excludes halogenated alkanes) is 4. The number of hydrazine groups is 4. The molecular weight excluding hydrogens is 480 g/mol. The fourth-order valence-corrected chi connectivity index (χ4v) is 4.71. The molecule has 0 aliphatic carbocycles. The monoisotopic (exact) mass is 540 g/mol. The van der Waals surface area contributed by atoms with E-state index in [0.29, 0.717) is 13.1 Å². The summed E-state index contributed by atoms with van der Waals surface area (Å²) in [6, 6.07) is 0. The molecule has 1 aliphatic heterocycles. The zero-order valence-electron chi connectivity index (χ0n) is 24.2. The Morgan fingerprint density at radius 2 is 1.29 bits per heavy atom. The van der Waals surface area contributed by atoms with Crippen LogP contribution >= 0.6 is 0 Å². The predicted molar refractivity (Wildman–Crippen MR) is 157 cm³/mol. The molecule has 0 saturated heterocycles. The number of aliphatic hydroxyl groups excluding tert-OH is 1. The van der Waals surface area contributed by atoms with Gasteiger partial charge in [-0.25, -0.2) is 15.6 Å². The summed E-state index contributed by atoms with van der Waals surface area (Å²) >= 11 is 0. The number of aliphatic hydroxyl groups is 1. The van der Waals surface area contributed by atoms with Crippen molar-refractivity contribution in [1.29, 1.82) is 0 Å². The second kappa shape index (κ2) is 28.8. The maximum absolute atomic E-state index is 12.3. The summed E-state index contributed by atoms with van der Waals surface area (Å²) in [4.78, 5) is 12.3. The van der Waals surface area contributed by atoms with Crippen molar-refractivity contribution in [3.8, 4) is 0 Å². The molecule has 0 aromatic carbocycles. The number of hydrogen-bond donors (Lipinski definition) is 7. The molecule has 1 aliphatic rings. The van der Waals surface area contributed by atoms with Gasteiger partial charge in [-0.2, -0.15) is 16.6 Å². The largest absolute Gasteiger partial charge is 0.446 e. The van der Waals surface area contributed by atoms with Gasteiger partial charge in [0.25, 0.3) is 0 Å². The zero-order valence-corrected chi connectivity index (χ0v) is 24.2. The van der Waals surface area contributed by atoms with Crippen LogP contribution in [0.3, 0.4) is 0 Å². The van der Waals surface area contributed by atoms with Gasteiger partial charge < -0.3 is 15.2 Å². The maximum Gasteiger partial charge on any atom is 0.407 e. The molecule has 0 bridgehead atoms. The van der Waals surface area contributed by atoms with Gasteiger partial charge in [-0.05, 0) is 32.1 Å². The Morgan fingerprint density at radius 3 is 1.97 bits per heavy atom. The third kappa shape index (κ3) is 25.1. The van der Waals surface area contributed by atoms with Crippen molar-refractivity contribution in [2.75, 3.05) is 26.2 Å². The van der Waals surface area contributed by atoms with Crippen molar-refractivity contribution in [2.45, 2.75) is 141 Å². The number of carbonyl (C=O) groups is 1. The highest BCUT2D eigenvalue weighted by Crippen LogP contribution is 2.16. The van der Waals surface area contributed by atoms with Crippen molar-refractivity contribution < 1.29 is 14.6 Å². The molecular formula is C29H60N6O3. The fourth-order valence-electron chi connectivity index (χ4n) is 4.71. The highest BCUT2D eigenvalue weighted by molar-refractivity contribution is 5.67. The Bertz CT molecular complexity index is 538. The number of carbonyl (C=O) groups excluding carboxylic acids is 1. The average Bonchev–Trinajstić information content (AvgIpc) is 2.91. The minimum atomic E-state index is -0.305. The van der Waals surface area contributed by atoms with Crippen molar-refractivity contribution in [2.24, 2.45) is 0 Å². The SMILES string of the molecule is O=C(NCCCCCCCO)OC1C/C=C\CNNNNNCCCCCCCCCCCCCCCC1. The van der Waals surface area contributed by atoms with E-state index in [-0.39, 0.29) is 18.8 Å². The van der Waals surface area contributed by atoms with Gasteiger partial charge in [-0.15, -0.1) is 0 Å². The third-order valence-electron chi connectivity index (χ3n) is 7.04. The van der Waals surface area contributed by atoms with Crippen LogP contribution in [0.5, 0.6) is 0 Å². The number of nitrogens with one attached hydrogen (secondary N) is 6. The molecule has 1 amide bonds. The fraction of sp³-hybridized carbons (Fsp3) is 0.897. The summed E-state index contributed by atoms with van der Waals surface area (Å²) in [6.07, 6.45) is 28.7. The van der Waals surface area contributed by atoms with Crippen molar-refractivity contribution >= 4 is 6.09 Å². The predicted octanol–water partition coefficient (Wildman–Crippen LogP) is 5.44. The number of rotatable bonds is 8. The van der Waals surface area contributed by atoms with Gasteiger partial charge in [0.05, 0.1) is 0 Å². The molecule has 1 unspecified atom stereocenters. The summed E-state index contributed by atoms with van der Waals surface area (Å²) < 4.78 is 5.77. The molecule has 0 fully saturated rings. The summed E-state index contributed by atoms with van der Waals surface area (Å²) in [7, 11) is 0. The lowest BCUT2D eigenvalue weighted by molar-refractivity contribution is 0.0922. The first-order valence-corrected chi connectivity index (χ1v) is 15.7. The van der Waals surface area contributed by atoms with E-state index >= 15 is 0 Å². The number of ether oxygens (including phenoxy) is 1. The van der Waals surface area contributed by atoms with E-state index in [1.807, 2.05) is 6.08 Å². The lowest BCUT2D eigenvalue weighted by atomic mass is 10.0.